The van der Waals surface area contributed by atoms with Crippen LogP contribution in [0.2, 0.25) is 0 Å². The standard InChI is InChI=1S/C18H23F3N4O2S/c1-12-9-24-16(28-12)6-7-23-17(22-2)25-10-13-4-5-14(15(8-13)26-3)27-11-18(19,20)21/h4-5,8-9H,6-7,10-11H2,1-3H3,(H2,22,23,25). The first-order valence-electron chi connectivity index (χ1n) is 8.53. The zero-order chi connectivity index (χ0) is 20.6. The van der Waals surface area contributed by atoms with Crippen LogP contribution in [-0.4, -0.2) is 44.4 Å². The Bertz CT molecular complexity index is 793. The quantitative estimate of drug-likeness (QED) is 0.511. The van der Waals surface area contributed by atoms with E-state index in [0.29, 0.717) is 19.0 Å². The summed E-state index contributed by atoms with van der Waals surface area (Å²) in [6.45, 7) is 1.76. The summed E-state index contributed by atoms with van der Waals surface area (Å²) in [5.74, 6) is 0.903. The number of aryl methyl sites for hydroxylation is 1. The number of alkyl halides is 3. The number of hydrogen-bond acceptors (Lipinski definition) is 5. The Labute approximate surface area is 165 Å². The van der Waals surface area contributed by atoms with E-state index in [1.807, 2.05) is 13.1 Å². The van der Waals surface area contributed by atoms with Gasteiger partial charge in [0.15, 0.2) is 24.1 Å². The third-order valence-corrected chi connectivity index (χ3v) is 4.58. The zero-order valence-corrected chi connectivity index (χ0v) is 16.7. The van der Waals surface area contributed by atoms with E-state index in [-0.39, 0.29) is 11.5 Å². The van der Waals surface area contributed by atoms with E-state index >= 15 is 0 Å². The number of aromatic nitrogens is 1. The van der Waals surface area contributed by atoms with Gasteiger partial charge in [0, 0.05) is 37.6 Å². The molecule has 28 heavy (non-hydrogen) atoms. The van der Waals surface area contributed by atoms with Crippen LogP contribution in [-0.2, 0) is 13.0 Å². The lowest BCUT2D eigenvalue weighted by atomic mass is 10.2. The molecule has 6 nitrogen and oxygen atoms in total. The third-order valence-electron chi connectivity index (χ3n) is 3.60. The minimum Gasteiger partial charge on any atom is -0.493 e. The summed E-state index contributed by atoms with van der Waals surface area (Å²) >= 11 is 1.66. The number of hydrogen-bond donors (Lipinski definition) is 2. The zero-order valence-electron chi connectivity index (χ0n) is 15.9. The summed E-state index contributed by atoms with van der Waals surface area (Å²) in [5, 5.41) is 7.40. The Morgan fingerprint density at radius 2 is 2.04 bits per heavy atom. The predicted octanol–water partition coefficient (Wildman–Crippen LogP) is 3.31. The van der Waals surface area contributed by atoms with Gasteiger partial charge in [0.1, 0.15) is 0 Å². The van der Waals surface area contributed by atoms with E-state index in [1.165, 1.54) is 18.1 Å². The van der Waals surface area contributed by atoms with Gasteiger partial charge < -0.3 is 20.1 Å². The number of halogens is 3. The molecule has 1 aromatic carbocycles. The van der Waals surface area contributed by atoms with E-state index in [1.54, 1.807) is 30.5 Å². The molecule has 0 atom stereocenters. The number of benzene rings is 1. The second-order valence-electron chi connectivity index (χ2n) is 5.86. The van der Waals surface area contributed by atoms with Crippen LogP contribution in [0.5, 0.6) is 11.5 Å². The molecule has 10 heteroatoms. The van der Waals surface area contributed by atoms with Crippen molar-refractivity contribution in [2.24, 2.45) is 4.99 Å². The van der Waals surface area contributed by atoms with Crippen molar-refractivity contribution in [1.29, 1.82) is 0 Å². The van der Waals surface area contributed by atoms with E-state index in [2.05, 4.69) is 20.6 Å². The Kier molecular flexibility index (Phi) is 7.91. The summed E-state index contributed by atoms with van der Waals surface area (Å²) in [6, 6.07) is 4.76. The van der Waals surface area contributed by atoms with Gasteiger partial charge in [-0.3, -0.25) is 4.99 Å². The number of methoxy groups -OCH3 is 1. The molecule has 0 unspecified atom stereocenters. The number of ether oxygens (including phenoxy) is 2. The minimum atomic E-state index is -4.40. The summed E-state index contributed by atoms with van der Waals surface area (Å²) < 4.78 is 46.9. The largest absolute Gasteiger partial charge is 0.493 e. The predicted molar refractivity (Wildman–Crippen MR) is 103 cm³/mol. The van der Waals surface area contributed by atoms with Gasteiger partial charge in [-0.2, -0.15) is 13.2 Å². The SMILES string of the molecule is CN=C(NCCc1ncc(C)s1)NCc1ccc(OCC(F)(F)F)c(OC)c1. The van der Waals surface area contributed by atoms with Crippen molar-refractivity contribution in [3.63, 3.8) is 0 Å². The molecule has 0 saturated heterocycles. The van der Waals surface area contributed by atoms with Crippen LogP contribution in [0, 0.1) is 6.92 Å². The van der Waals surface area contributed by atoms with Gasteiger partial charge in [-0.25, -0.2) is 4.98 Å². The number of thiazole rings is 1. The first kappa shape index (κ1) is 21.8. The topological polar surface area (TPSA) is 67.8 Å². The maximum absolute atomic E-state index is 12.3. The average Bonchev–Trinajstić information content (AvgIpc) is 3.07. The first-order valence-corrected chi connectivity index (χ1v) is 9.34. The van der Waals surface area contributed by atoms with Crippen LogP contribution in [0.4, 0.5) is 13.2 Å². The molecule has 0 aliphatic heterocycles. The Balaban J connectivity index is 1.85. The van der Waals surface area contributed by atoms with Crippen LogP contribution in [0.15, 0.2) is 29.4 Å². The van der Waals surface area contributed by atoms with Gasteiger partial charge in [0.25, 0.3) is 0 Å². The first-order chi connectivity index (χ1) is 13.3. The molecule has 0 amide bonds. The fourth-order valence-electron chi connectivity index (χ4n) is 2.31. The van der Waals surface area contributed by atoms with Crippen LogP contribution < -0.4 is 20.1 Å². The van der Waals surface area contributed by atoms with E-state index < -0.39 is 12.8 Å². The summed E-state index contributed by atoms with van der Waals surface area (Å²) in [4.78, 5) is 9.64. The molecule has 1 aromatic heterocycles. The molecule has 0 saturated carbocycles. The third kappa shape index (κ3) is 7.26. The Morgan fingerprint density at radius 3 is 2.64 bits per heavy atom. The maximum atomic E-state index is 12.3. The second kappa shape index (κ2) is 10.2. The Morgan fingerprint density at radius 1 is 1.25 bits per heavy atom. The van der Waals surface area contributed by atoms with Crippen molar-refractivity contribution in [2.75, 3.05) is 27.3 Å². The number of aliphatic imine (C=N–C) groups is 1. The highest BCUT2D eigenvalue weighted by molar-refractivity contribution is 7.11. The summed E-state index contributed by atoms with van der Waals surface area (Å²) in [6.07, 6.45) is -1.76. The fraction of sp³-hybridized carbons (Fsp3) is 0.444. The lowest BCUT2D eigenvalue weighted by Gasteiger charge is -2.15. The molecule has 0 aliphatic carbocycles. The van der Waals surface area contributed by atoms with Crippen molar-refractivity contribution >= 4 is 17.3 Å². The molecule has 0 bridgehead atoms. The smallest absolute Gasteiger partial charge is 0.422 e. The fourth-order valence-corrected chi connectivity index (χ4v) is 3.10. The highest BCUT2D eigenvalue weighted by Crippen LogP contribution is 2.29. The molecule has 0 spiro atoms. The average molecular weight is 416 g/mol. The summed E-state index contributed by atoms with van der Waals surface area (Å²) in [5.41, 5.74) is 0.815. The van der Waals surface area contributed by atoms with Crippen LogP contribution in [0.1, 0.15) is 15.4 Å². The van der Waals surface area contributed by atoms with E-state index in [4.69, 9.17) is 9.47 Å². The van der Waals surface area contributed by atoms with Gasteiger partial charge in [0.2, 0.25) is 0 Å². The van der Waals surface area contributed by atoms with Crippen molar-refractivity contribution in [3.05, 3.63) is 39.8 Å². The van der Waals surface area contributed by atoms with Crippen molar-refractivity contribution in [1.82, 2.24) is 15.6 Å². The highest BCUT2D eigenvalue weighted by Gasteiger charge is 2.29. The molecule has 154 valence electrons. The lowest BCUT2D eigenvalue weighted by molar-refractivity contribution is -0.153. The molecule has 2 aromatic rings. The van der Waals surface area contributed by atoms with Gasteiger partial charge in [-0.15, -0.1) is 11.3 Å². The monoisotopic (exact) mass is 416 g/mol. The summed E-state index contributed by atoms with van der Waals surface area (Å²) in [7, 11) is 3.05. The van der Waals surface area contributed by atoms with E-state index in [9.17, 15) is 13.2 Å². The number of guanidine groups is 1. The van der Waals surface area contributed by atoms with Gasteiger partial charge in [-0.1, -0.05) is 6.07 Å². The van der Waals surface area contributed by atoms with E-state index in [0.717, 1.165) is 17.0 Å². The molecular weight excluding hydrogens is 393 g/mol. The Hall–Kier alpha value is -2.49. The van der Waals surface area contributed by atoms with Crippen molar-refractivity contribution in [2.45, 2.75) is 26.1 Å². The number of nitrogens with one attached hydrogen (secondary N) is 2. The number of rotatable bonds is 8. The van der Waals surface area contributed by atoms with Gasteiger partial charge in [0.05, 0.1) is 12.1 Å². The molecule has 0 radical (unpaired) electrons. The van der Waals surface area contributed by atoms with Gasteiger partial charge in [-0.05, 0) is 24.6 Å². The minimum absolute atomic E-state index is 0.0461. The van der Waals surface area contributed by atoms with Crippen LogP contribution >= 0.6 is 11.3 Å². The molecule has 0 aliphatic rings. The molecule has 0 fully saturated rings. The second-order valence-corrected chi connectivity index (χ2v) is 7.18. The van der Waals surface area contributed by atoms with Crippen LogP contribution in [0.25, 0.3) is 0 Å². The van der Waals surface area contributed by atoms with Gasteiger partial charge >= 0.3 is 6.18 Å². The number of nitrogens with zero attached hydrogens (tertiary/aromatic N) is 2. The van der Waals surface area contributed by atoms with Crippen LogP contribution in [0.3, 0.4) is 0 Å². The van der Waals surface area contributed by atoms with Crippen molar-refractivity contribution in [3.8, 4) is 11.5 Å². The molecular formula is C18H23F3N4O2S. The lowest BCUT2D eigenvalue weighted by Crippen LogP contribution is -2.37. The highest BCUT2D eigenvalue weighted by atomic mass is 32.1. The van der Waals surface area contributed by atoms with Crippen molar-refractivity contribution < 1.29 is 22.6 Å². The molecule has 2 N–H and O–H groups in total. The molecule has 1 heterocycles. The maximum Gasteiger partial charge on any atom is 0.422 e. The molecule has 2 rings (SSSR count). The normalized spacial score (nSPS) is 12.0.